The van der Waals surface area contributed by atoms with Crippen LogP contribution in [0.4, 0.5) is 0 Å². The molecule has 0 aromatic carbocycles. The molecule has 0 aliphatic rings. The molecule has 2 heteroatoms. The van der Waals surface area contributed by atoms with Crippen LogP contribution >= 0.6 is 11.3 Å². The topological polar surface area (TPSA) is 9.23 Å². The Balaban J connectivity index is 1.86. The Hall–Kier alpha value is -0.500. The molecule has 0 unspecified atom stereocenters. The van der Waals surface area contributed by atoms with E-state index in [9.17, 15) is 0 Å². The van der Waals surface area contributed by atoms with E-state index >= 15 is 0 Å². The minimum Gasteiger partial charge on any atom is -0.487 e. The molecule has 0 atom stereocenters. The number of hydrogen-bond acceptors (Lipinski definition) is 2. The lowest BCUT2D eigenvalue weighted by molar-refractivity contribution is 0.427. The summed E-state index contributed by atoms with van der Waals surface area (Å²) in [6.45, 7) is 2.28. The third kappa shape index (κ3) is 8.30. The van der Waals surface area contributed by atoms with Gasteiger partial charge in [0.15, 0.2) is 5.06 Å². The molecule has 1 heterocycles. The molecule has 110 valence electrons. The van der Waals surface area contributed by atoms with Gasteiger partial charge in [0, 0.05) is 0 Å². The lowest BCUT2D eigenvalue weighted by Gasteiger charge is -2.02. The summed E-state index contributed by atoms with van der Waals surface area (Å²) in [5.41, 5.74) is 1.45. The summed E-state index contributed by atoms with van der Waals surface area (Å²) in [7, 11) is 1.75. The van der Waals surface area contributed by atoms with Crippen molar-refractivity contribution < 1.29 is 4.74 Å². The Labute approximate surface area is 123 Å². The number of aryl methyl sites for hydroxylation is 1. The van der Waals surface area contributed by atoms with E-state index in [0.29, 0.717) is 0 Å². The van der Waals surface area contributed by atoms with Crippen molar-refractivity contribution in [2.45, 2.75) is 77.6 Å². The lowest BCUT2D eigenvalue weighted by Crippen LogP contribution is -1.85. The zero-order valence-electron chi connectivity index (χ0n) is 12.7. The van der Waals surface area contributed by atoms with Crippen molar-refractivity contribution >= 4 is 11.3 Å². The highest BCUT2D eigenvalue weighted by atomic mass is 32.1. The molecule has 0 N–H and O–H groups in total. The van der Waals surface area contributed by atoms with Gasteiger partial charge in [0.1, 0.15) is 0 Å². The van der Waals surface area contributed by atoms with Gasteiger partial charge in [-0.15, -0.1) is 11.3 Å². The average Bonchev–Trinajstić information content (AvgIpc) is 2.89. The van der Waals surface area contributed by atoms with Crippen molar-refractivity contribution in [2.24, 2.45) is 0 Å². The smallest absolute Gasteiger partial charge is 0.173 e. The molecule has 0 saturated carbocycles. The Morgan fingerprint density at radius 2 is 1.47 bits per heavy atom. The van der Waals surface area contributed by atoms with Crippen LogP contribution < -0.4 is 4.74 Å². The molecule has 1 aromatic rings. The molecule has 0 fully saturated rings. The number of methoxy groups -OCH3 is 1. The third-order valence-corrected chi connectivity index (χ3v) is 4.59. The predicted octanol–water partition coefficient (Wildman–Crippen LogP) is 6.22. The van der Waals surface area contributed by atoms with Crippen LogP contribution in [0.15, 0.2) is 11.4 Å². The number of ether oxygens (including phenoxy) is 1. The standard InChI is InChI=1S/C17H30OS/c1-3-4-5-6-7-8-9-10-11-12-13-16-14-17(18-2)19-15-16/h14-15H,3-13H2,1-2H3. The summed E-state index contributed by atoms with van der Waals surface area (Å²) in [4.78, 5) is 0. The van der Waals surface area contributed by atoms with Gasteiger partial charge < -0.3 is 4.74 Å². The van der Waals surface area contributed by atoms with E-state index in [0.717, 1.165) is 5.06 Å². The van der Waals surface area contributed by atoms with Crippen LogP contribution in [0.3, 0.4) is 0 Å². The SMILES string of the molecule is CCCCCCCCCCCCc1csc(OC)c1. The Kier molecular flexibility index (Phi) is 9.88. The zero-order chi connectivity index (χ0) is 13.8. The van der Waals surface area contributed by atoms with Crippen molar-refractivity contribution in [2.75, 3.05) is 7.11 Å². The van der Waals surface area contributed by atoms with Gasteiger partial charge >= 0.3 is 0 Å². The normalized spacial score (nSPS) is 10.8. The third-order valence-electron chi connectivity index (χ3n) is 3.65. The number of thiophene rings is 1. The molecule has 0 radical (unpaired) electrons. The van der Waals surface area contributed by atoms with Gasteiger partial charge in [-0.1, -0.05) is 64.7 Å². The maximum Gasteiger partial charge on any atom is 0.173 e. The van der Waals surface area contributed by atoms with Gasteiger partial charge in [0.25, 0.3) is 0 Å². The van der Waals surface area contributed by atoms with E-state index in [1.807, 2.05) is 0 Å². The second-order valence-corrected chi connectivity index (χ2v) is 6.28. The monoisotopic (exact) mass is 282 g/mol. The van der Waals surface area contributed by atoms with Gasteiger partial charge in [-0.25, -0.2) is 0 Å². The summed E-state index contributed by atoms with van der Waals surface area (Å²) in [6.07, 6.45) is 15.3. The summed E-state index contributed by atoms with van der Waals surface area (Å²) in [6, 6.07) is 2.18. The molecule has 0 spiro atoms. The van der Waals surface area contributed by atoms with E-state index in [1.54, 1.807) is 18.4 Å². The fourth-order valence-corrected chi connectivity index (χ4v) is 3.18. The first-order valence-corrected chi connectivity index (χ1v) is 8.86. The largest absolute Gasteiger partial charge is 0.487 e. The highest BCUT2D eigenvalue weighted by molar-refractivity contribution is 7.12. The van der Waals surface area contributed by atoms with E-state index < -0.39 is 0 Å². The highest BCUT2D eigenvalue weighted by Gasteiger charge is 1.99. The van der Waals surface area contributed by atoms with Gasteiger partial charge in [-0.2, -0.15) is 0 Å². The maximum absolute atomic E-state index is 5.21. The molecule has 1 aromatic heterocycles. The van der Waals surface area contributed by atoms with E-state index in [4.69, 9.17) is 4.74 Å². The molecule has 0 amide bonds. The van der Waals surface area contributed by atoms with Crippen LogP contribution in [-0.4, -0.2) is 7.11 Å². The zero-order valence-corrected chi connectivity index (χ0v) is 13.6. The summed E-state index contributed by atoms with van der Waals surface area (Å²) in [5, 5.41) is 3.27. The van der Waals surface area contributed by atoms with Gasteiger partial charge in [-0.05, 0) is 29.9 Å². The van der Waals surface area contributed by atoms with Gasteiger partial charge in [-0.3, -0.25) is 0 Å². The minimum atomic E-state index is 1.04. The van der Waals surface area contributed by atoms with Crippen molar-refractivity contribution in [1.29, 1.82) is 0 Å². The summed E-state index contributed by atoms with van der Waals surface area (Å²) >= 11 is 1.71. The Bertz CT molecular complexity index is 306. The number of rotatable bonds is 12. The minimum absolute atomic E-state index is 1.04. The highest BCUT2D eigenvalue weighted by Crippen LogP contribution is 2.23. The van der Waals surface area contributed by atoms with Crippen molar-refractivity contribution in [3.63, 3.8) is 0 Å². The predicted molar refractivity (Wildman–Crippen MR) is 86.4 cm³/mol. The molecule has 0 bridgehead atoms. The fourth-order valence-electron chi connectivity index (χ4n) is 2.41. The summed E-state index contributed by atoms with van der Waals surface area (Å²) in [5.74, 6) is 0. The number of unbranched alkanes of at least 4 members (excludes halogenated alkanes) is 9. The molecule has 1 nitrogen and oxygen atoms in total. The van der Waals surface area contributed by atoms with E-state index in [-0.39, 0.29) is 0 Å². The molecule has 19 heavy (non-hydrogen) atoms. The second-order valence-electron chi connectivity index (χ2n) is 5.41. The van der Waals surface area contributed by atoms with E-state index in [2.05, 4.69) is 18.4 Å². The molecule has 0 aliphatic carbocycles. The first-order valence-electron chi connectivity index (χ1n) is 7.98. The van der Waals surface area contributed by atoms with Crippen molar-refractivity contribution in [3.8, 4) is 5.06 Å². The van der Waals surface area contributed by atoms with Crippen LogP contribution in [0, 0.1) is 0 Å². The van der Waals surface area contributed by atoms with Crippen LogP contribution in [0.2, 0.25) is 0 Å². The number of hydrogen-bond donors (Lipinski definition) is 0. The molecule has 0 aliphatic heterocycles. The molecule has 1 rings (SSSR count). The van der Waals surface area contributed by atoms with Crippen LogP contribution in [0.1, 0.15) is 76.7 Å². The Morgan fingerprint density at radius 3 is 2.00 bits per heavy atom. The van der Waals surface area contributed by atoms with Gasteiger partial charge in [0.05, 0.1) is 7.11 Å². The van der Waals surface area contributed by atoms with E-state index in [1.165, 1.54) is 76.2 Å². The van der Waals surface area contributed by atoms with Crippen molar-refractivity contribution in [1.82, 2.24) is 0 Å². The van der Waals surface area contributed by atoms with Crippen LogP contribution in [0.25, 0.3) is 0 Å². The molecule has 0 saturated heterocycles. The van der Waals surface area contributed by atoms with Crippen LogP contribution in [-0.2, 0) is 6.42 Å². The van der Waals surface area contributed by atoms with Crippen LogP contribution in [0.5, 0.6) is 5.06 Å². The maximum atomic E-state index is 5.21. The average molecular weight is 282 g/mol. The van der Waals surface area contributed by atoms with Gasteiger partial charge in [0.2, 0.25) is 0 Å². The lowest BCUT2D eigenvalue weighted by atomic mass is 10.0. The quantitative estimate of drug-likeness (QED) is 0.413. The molecular formula is C17H30OS. The fraction of sp³-hybridized carbons (Fsp3) is 0.765. The first-order chi connectivity index (χ1) is 9.36. The Morgan fingerprint density at radius 1 is 0.895 bits per heavy atom. The first kappa shape index (κ1) is 16.6. The molecular weight excluding hydrogens is 252 g/mol. The van der Waals surface area contributed by atoms with Crippen molar-refractivity contribution in [3.05, 3.63) is 17.0 Å². The second kappa shape index (κ2) is 11.3. The summed E-state index contributed by atoms with van der Waals surface area (Å²) < 4.78 is 5.21.